The number of unbranched alkanes of at least 4 members (excludes halogenated alkanes) is 1. The molecule has 1 aromatic rings. The van der Waals surface area contributed by atoms with Crippen molar-refractivity contribution in [3.63, 3.8) is 0 Å². The van der Waals surface area contributed by atoms with Gasteiger partial charge in [-0.05, 0) is 38.5 Å². The van der Waals surface area contributed by atoms with E-state index in [4.69, 9.17) is 0 Å². The van der Waals surface area contributed by atoms with E-state index in [1.807, 2.05) is 6.92 Å². The molecule has 0 saturated carbocycles. The third-order valence-electron chi connectivity index (χ3n) is 2.55. The standard InChI is InChI=1S/C15H21N3O2/c1-4-5-9-14(19)16-13-8-6-7-12(10-13)15(20)18-17-11(2)3/h6-8,10H,4-5,9H2,1-3H3,(H,16,19)(H,18,20). The maximum Gasteiger partial charge on any atom is 0.271 e. The number of carbonyl (C=O) groups is 2. The van der Waals surface area contributed by atoms with Crippen LogP contribution in [0.4, 0.5) is 5.69 Å². The molecule has 0 spiro atoms. The summed E-state index contributed by atoms with van der Waals surface area (Å²) in [5.74, 6) is -0.331. The van der Waals surface area contributed by atoms with Crippen LogP contribution in [-0.2, 0) is 4.79 Å². The molecule has 0 aliphatic rings. The molecule has 1 aromatic carbocycles. The predicted molar refractivity (Wildman–Crippen MR) is 80.8 cm³/mol. The van der Waals surface area contributed by atoms with Crippen LogP contribution in [-0.4, -0.2) is 17.5 Å². The lowest BCUT2D eigenvalue weighted by atomic mass is 10.2. The number of nitrogens with one attached hydrogen (secondary N) is 2. The maximum atomic E-state index is 11.8. The van der Waals surface area contributed by atoms with Crippen molar-refractivity contribution in [2.45, 2.75) is 40.0 Å². The van der Waals surface area contributed by atoms with Crippen molar-refractivity contribution in [2.75, 3.05) is 5.32 Å². The number of hydrogen-bond acceptors (Lipinski definition) is 3. The Balaban J connectivity index is 2.68. The number of amides is 2. The summed E-state index contributed by atoms with van der Waals surface area (Å²) in [6, 6.07) is 6.80. The second-order valence-corrected chi connectivity index (χ2v) is 4.73. The predicted octanol–water partition coefficient (Wildman–Crippen LogP) is 2.94. The summed E-state index contributed by atoms with van der Waals surface area (Å²) >= 11 is 0. The van der Waals surface area contributed by atoms with E-state index < -0.39 is 0 Å². The number of rotatable bonds is 6. The van der Waals surface area contributed by atoms with Crippen molar-refractivity contribution in [3.05, 3.63) is 29.8 Å². The molecule has 20 heavy (non-hydrogen) atoms. The third kappa shape index (κ3) is 5.65. The highest BCUT2D eigenvalue weighted by molar-refractivity contribution is 5.97. The monoisotopic (exact) mass is 275 g/mol. The number of anilines is 1. The van der Waals surface area contributed by atoms with Crippen LogP contribution in [0, 0.1) is 0 Å². The maximum absolute atomic E-state index is 11.8. The van der Waals surface area contributed by atoms with Gasteiger partial charge in [-0.25, -0.2) is 5.43 Å². The first-order valence-corrected chi connectivity index (χ1v) is 6.74. The SMILES string of the molecule is CCCCC(=O)Nc1cccc(C(=O)NN=C(C)C)c1. The average Bonchev–Trinajstić information content (AvgIpc) is 2.42. The van der Waals surface area contributed by atoms with E-state index >= 15 is 0 Å². The van der Waals surface area contributed by atoms with Gasteiger partial charge in [-0.15, -0.1) is 0 Å². The van der Waals surface area contributed by atoms with Gasteiger partial charge in [0.05, 0.1) is 0 Å². The normalized spacial score (nSPS) is 9.75. The van der Waals surface area contributed by atoms with Crippen molar-refractivity contribution in [2.24, 2.45) is 5.10 Å². The average molecular weight is 275 g/mol. The molecule has 5 heteroatoms. The summed E-state index contributed by atoms with van der Waals surface area (Å²) in [4.78, 5) is 23.5. The minimum absolute atomic E-state index is 0.0353. The van der Waals surface area contributed by atoms with Crippen LogP contribution < -0.4 is 10.7 Å². The first-order valence-electron chi connectivity index (χ1n) is 6.74. The van der Waals surface area contributed by atoms with Gasteiger partial charge in [0.15, 0.2) is 0 Å². The van der Waals surface area contributed by atoms with Crippen LogP contribution >= 0.6 is 0 Å². The molecular formula is C15H21N3O2. The topological polar surface area (TPSA) is 70.6 Å². The Bertz CT molecular complexity index is 506. The van der Waals surface area contributed by atoms with Gasteiger partial charge in [-0.1, -0.05) is 19.4 Å². The number of carbonyl (C=O) groups excluding carboxylic acids is 2. The van der Waals surface area contributed by atoms with Gasteiger partial charge >= 0.3 is 0 Å². The van der Waals surface area contributed by atoms with Crippen LogP contribution in [0.15, 0.2) is 29.4 Å². The molecule has 0 aliphatic carbocycles. The van der Waals surface area contributed by atoms with Crippen LogP contribution in [0.5, 0.6) is 0 Å². The number of hydrogen-bond donors (Lipinski definition) is 2. The Labute approximate surface area is 119 Å². The zero-order valence-electron chi connectivity index (χ0n) is 12.2. The van der Waals surface area contributed by atoms with Crippen molar-refractivity contribution < 1.29 is 9.59 Å². The van der Waals surface area contributed by atoms with Crippen molar-refractivity contribution in [3.8, 4) is 0 Å². The van der Waals surface area contributed by atoms with Gasteiger partial charge < -0.3 is 5.32 Å². The lowest BCUT2D eigenvalue weighted by Gasteiger charge is -2.06. The number of hydrazone groups is 1. The second-order valence-electron chi connectivity index (χ2n) is 4.73. The Morgan fingerprint density at radius 2 is 2.00 bits per heavy atom. The Hall–Kier alpha value is -2.17. The molecule has 0 fully saturated rings. The van der Waals surface area contributed by atoms with E-state index in [-0.39, 0.29) is 11.8 Å². The van der Waals surface area contributed by atoms with Gasteiger partial charge in [-0.2, -0.15) is 5.10 Å². The molecule has 0 radical (unpaired) electrons. The molecule has 5 nitrogen and oxygen atoms in total. The largest absolute Gasteiger partial charge is 0.326 e. The van der Waals surface area contributed by atoms with Crippen molar-refractivity contribution in [1.82, 2.24) is 5.43 Å². The van der Waals surface area contributed by atoms with Crippen LogP contribution in [0.25, 0.3) is 0 Å². The summed E-state index contributed by atoms with van der Waals surface area (Å²) in [6.45, 7) is 5.63. The van der Waals surface area contributed by atoms with E-state index in [0.717, 1.165) is 18.6 Å². The van der Waals surface area contributed by atoms with E-state index in [1.165, 1.54) is 0 Å². The molecule has 0 bridgehead atoms. The van der Waals surface area contributed by atoms with E-state index in [0.29, 0.717) is 17.7 Å². The summed E-state index contributed by atoms with van der Waals surface area (Å²) in [5, 5.41) is 6.64. The molecule has 2 amide bonds. The first kappa shape index (κ1) is 15.9. The van der Waals surface area contributed by atoms with Gasteiger partial charge in [0.25, 0.3) is 5.91 Å². The van der Waals surface area contributed by atoms with Crippen LogP contribution in [0.3, 0.4) is 0 Å². The molecule has 0 heterocycles. The molecule has 0 aromatic heterocycles. The number of benzene rings is 1. The van der Waals surface area contributed by atoms with Gasteiger partial charge in [-0.3, -0.25) is 9.59 Å². The highest BCUT2D eigenvalue weighted by Gasteiger charge is 2.07. The second kappa shape index (κ2) is 8.09. The zero-order chi connectivity index (χ0) is 15.0. The fourth-order valence-electron chi connectivity index (χ4n) is 1.53. The molecule has 0 saturated heterocycles. The zero-order valence-corrected chi connectivity index (χ0v) is 12.2. The molecule has 108 valence electrons. The minimum Gasteiger partial charge on any atom is -0.326 e. The number of nitrogens with zero attached hydrogens (tertiary/aromatic N) is 1. The molecule has 2 N–H and O–H groups in total. The van der Waals surface area contributed by atoms with Gasteiger partial charge in [0.2, 0.25) is 5.91 Å². The summed E-state index contributed by atoms with van der Waals surface area (Å²) < 4.78 is 0. The molecule has 0 unspecified atom stereocenters. The molecule has 0 atom stereocenters. The molecule has 1 rings (SSSR count). The highest BCUT2D eigenvalue weighted by Crippen LogP contribution is 2.11. The fourth-order valence-corrected chi connectivity index (χ4v) is 1.53. The van der Waals surface area contributed by atoms with E-state index in [2.05, 4.69) is 15.8 Å². The Morgan fingerprint density at radius 3 is 2.65 bits per heavy atom. The van der Waals surface area contributed by atoms with Gasteiger partial charge in [0, 0.05) is 23.4 Å². The van der Waals surface area contributed by atoms with E-state index in [1.54, 1.807) is 38.1 Å². The van der Waals surface area contributed by atoms with Crippen molar-refractivity contribution >= 4 is 23.2 Å². The Kier molecular flexibility index (Phi) is 6.43. The quantitative estimate of drug-likeness (QED) is 0.619. The lowest BCUT2D eigenvalue weighted by molar-refractivity contribution is -0.116. The van der Waals surface area contributed by atoms with E-state index in [9.17, 15) is 9.59 Å². The summed E-state index contributed by atoms with van der Waals surface area (Å²) in [7, 11) is 0. The van der Waals surface area contributed by atoms with Gasteiger partial charge in [0.1, 0.15) is 0 Å². The minimum atomic E-state index is -0.296. The van der Waals surface area contributed by atoms with Crippen molar-refractivity contribution in [1.29, 1.82) is 0 Å². The first-order chi connectivity index (χ1) is 9.52. The smallest absolute Gasteiger partial charge is 0.271 e. The summed E-state index contributed by atoms with van der Waals surface area (Å²) in [5.41, 5.74) is 4.30. The Morgan fingerprint density at radius 1 is 1.25 bits per heavy atom. The van der Waals surface area contributed by atoms with Crippen LogP contribution in [0.2, 0.25) is 0 Å². The highest BCUT2D eigenvalue weighted by atomic mass is 16.2. The summed E-state index contributed by atoms with van der Waals surface area (Å²) in [6.07, 6.45) is 2.33. The third-order valence-corrected chi connectivity index (χ3v) is 2.55. The molecular weight excluding hydrogens is 254 g/mol. The fraction of sp³-hybridized carbons (Fsp3) is 0.400. The van der Waals surface area contributed by atoms with Crippen LogP contribution in [0.1, 0.15) is 50.4 Å². The lowest BCUT2D eigenvalue weighted by Crippen LogP contribution is -2.19. The molecule has 0 aliphatic heterocycles.